The van der Waals surface area contributed by atoms with Crippen LogP contribution in [0.25, 0.3) is 0 Å². The Kier molecular flexibility index (Phi) is 5.59. The van der Waals surface area contributed by atoms with E-state index in [-0.39, 0.29) is 35.5 Å². The molecule has 26 heavy (non-hydrogen) atoms. The lowest BCUT2D eigenvalue weighted by Crippen LogP contribution is -2.55. The molecular weight excluding hydrogens is 375 g/mol. The second kappa shape index (κ2) is 7.89. The molecule has 3 amide bonds. The molecule has 3 rings (SSSR count). The van der Waals surface area contributed by atoms with Crippen molar-refractivity contribution in [3.63, 3.8) is 0 Å². The average molecular weight is 391 g/mol. The molecule has 5 nitrogen and oxygen atoms in total. The summed E-state index contributed by atoms with van der Waals surface area (Å²) in [7, 11) is 0. The number of halogens is 2. The first-order valence-electron chi connectivity index (χ1n) is 8.07. The van der Waals surface area contributed by atoms with E-state index >= 15 is 0 Å². The van der Waals surface area contributed by atoms with Crippen LogP contribution in [0, 0.1) is 0 Å². The monoisotopic (exact) mass is 390 g/mol. The third-order valence-corrected chi connectivity index (χ3v) is 4.91. The predicted molar refractivity (Wildman–Crippen MR) is 99.2 cm³/mol. The fourth-order valence-corrected chi connectivity index (χ4v) is 3.08. The second-order valence-corrected chi connectivity index (χ2v) is 6.78. The van der Waals surface area contributed by atoms with Crippen LogP contribution in [0.5, 0.6) is 0 Å². The van der Waals surface area contributed by atoms with Crippen molar-refractivity contribution in [1.82, 2.24) is 9.80 Å². The molecule has 1 saturated heterocycles. The molecule has 1 aliphatic heterocycles. The lowest BCUT2D eigenvalue weighted by Gasteiger charge is -2.32. The summed E-state index contributed by atoms with van der Waals surface area (Å²) in [6.07, 6.45) is 0.582. The van der Waals surface area contributed by atoms with E-state index in [9.17, 15) is 14.4 Å². The third-order valence-electron chi connectivity index (χ3n) is 4.18. The van der Waals surface area contributed by atoms with Gasteiger partial charge in [0, 0.05) is 12.1 Å². The molecule has 0 N–H and O–H groups in total. The summed E-state index contributed by atoms with van der Waals surface area (Å²) in [5, 5.41) is 0.581. The molecule has 1 heterocycles. The summed E-state index contributed by atoms with van der Waals surface area (Å²) >= 11 is 11.8. The van der Waals surface area contributed by atoms with E-state index in [2.05, 4.69) is 0 Å². The maximum absolute atomic E-state index is 12.5. The molecule has 0 atom stereocenters. The van der Waals surface area contributed by atoms with Gasteiger partial charge in [-0.2, -0.15) is 0 Å². The van der Waals surface area contributed by atoms with Crippen LogP contribution >= 0.6 is 23.2 Å². The van der Waals surface area contributed by atoms with Crippen LogP contribution in [-0.4, -0.2) is 47.2 Å². The van der Waals surface area contributed by atoms with Gasteiger partial charge in [0.25, 0.3) is 5.91 Å². The zero-order valence-electron chi connectivity index (χ0n) is 13.8. The topological polar surface area (TPSA) is 57.7 Å². The number of hydrogen-bond donors (Lipinski definition) is 0. The fraction of sp³-hybridized carbons (Fsp3) is 0.211. The number of amides is 3. The van der Waals surface area contributed by atoms with Gasteiger partial charge in [0.05, 0.1) is 10.0 Å². The quantitative estimate of drug-likeness (QED) is 0.753. The van der Waals surface area contributed by atoms with Gasteiger partial charge in [-0.25, -0.2) is 0 Å². The molecule has 1 aliphatic rings. The van der Waals surface area contributed by atoms with Crippen LogP contribution in [0.3, 0.4) is 0 Å². The molecule has 134 valence electrons. The van der Waals surface area contributed by atoms with Crippen molar-refractivity contribution in [1.29, 1.82) is 0 Å². The number of carbonyl (C=O) groups excluding carboxylic acids is 3. The molecule has 0 radical (unpaired) electrons. The van der Waals surface area contributed by atoms with Crippen LogP contribution in [0.1, 0.15) is 15.9 Å². The summed E-state index contributed by atoms with van der Waals surface area (Å²) in [4.78, 5) is 39.7. The maximum atomic E-state index is 12.5. The highest BCUT2D eigenvalue weighted by atomic mass is 35.5. The van der Waals surface area contributed by atoms with Crippen molar-refractivity contribution in [2.45, 2.75) is 6.42 Å². The minimum atomic E-state index is -0.423. The number of piperazine rings is 1. The van der Waals surface area contributed by atoms with Gasteiger partial charge in [0.15, 0.2) is 0 Å². The molecule has 0 saturated carbocycles. The van der Waals surface area contributed by atoms with Gasteiger partial charge in [-0.3, -0.25) is 19.3 Å². The number of carbonyl (C=O) groups is 3. The molecule has 2 aromatic rings. The lowest BCUT2D eigenvalue weighted by atomic mass is 10.1. The minimum Gasteiger partial charge on any atom is -0.320 e. The third kappa shape index (κ3) is 4.06. The Labute approximate surface area is 161 Å². The molecule has 0 bridgehead atoms. The molecule has 7 heteroatoms. The standard InChI is InChI=1S/C19H16Cl2N2O3/c20-15-7-6-14(10-16(15)21)19(26)22-11-17(24)23(18(25)12-22)9-8-13-4-2-1-3-5-13/h1-7,10H,8-9,11-12H2. The highest BCUT2D eigenvalue weighted by Gasteiger charge is 2.33. The van der Waals surface area contributed by atoms with Gasteiger partial charge in [0.1, 0.15) is 13.1 Å². The lowest BCUT2D eigenvalue weighted by molar-refractivity contribution is -0.150. The zero-order valence-corrected chi connectivity index (χ0v) is 15.3. The van der Waals surface area contributed by atoms with Crippen LogP contribution < -0.4 is 0 Å². The van der Waals surface area contributed by atoms with Crippen molar-refractivity contribution < 1.29 is 14.4 Å². The van der Waals surface area contributed by atoms with E-state index in [1.54, 1.807) is 0 Å². The van der Waals surface area contributed by atoms with Crippen molar-refractivity contribution in [2.75, 3.05) is 19.6 Å². The van der Waals surface area contributed by atoms with Gasteiger partial charge in [-0.15, -0.1) is 0 Å². The Morgan fingerprint density at radius 1 is 0.923 bits per heavy atom. The van der Waals surface area contributed by atoms with Gasteiger partial charge in [-0.05, 0) is 30.2 Å². The first kappa shape index (κ1) is 18.4. The van der Waals surface area contributed by atoms with E-state index in [4.69, 9.17) is 23.2 Å². The summed E-state index contributed by atoms with van der Waals surface area (Å²) in [5.74, 6) is -1.19. The summed E-state index contributed by atoms with van der Waals surface area (Å²) in [6.45, 7) is 0.0235. The summed E-state index contributed by atoms with van der Waals surface area (Å²) in [5.41, 5.74) is 1.33. The molecule has 0 unspecified atom stereocenters. The number of imide groups is 1. The Bertz CT molecular complexity index is 837. The van der Waals surface area contributed by atoms with Gasteiger partial charge in [0.2, 0.25) is 11.8 Å². The van der Waals surface area contributed by atoms with Crippen molar-refractivity contribution in [3.05, 3.63) is 69.7 Å². The second-order valence-electron chi connectivity index (χ2n) is 5.96. The highest BCUT2D eigenvalue weighted by Crippen LogP contribution is 2.23. The average Bonchev–Trinajstić information content (AvgIpc) is 2.63. The van der Waals surface area contributed by atoms with Crippen molar-refractivity contribution >= 4 is 40.9 Å². The smallest absolute Gasteiger partial charge is 0.254 e. The number of rotatable bonds is 4. The van der Waals surface area contributed by atoms with E-state index in [1.807, 2.05) is 30.3 Å². The largest absolute Gasteiger partial charge is 0.320 e. The van der Waals surface area contributed by atoms with Gasteiger partial charge < -0.3 is 4.90 Å². The Balaban J connectivity index is 1.65. The first-order valence-corrected chi connectivity index (χ1v) is 8.83. The normalized spacial score (nSPS) is 14.7. The van der Waals surface area contributed by atoms with E-state index in [0.717, 1.165) is 5.56 Å². The molecule has 1 fully saturated rings. The molecule has 0 aliphatic carbocycles. The number of benzene rings is 2. The summed E-state index contributed by atoms with van der Waals surface area (Å²) < 4.78 is 0. The van der Waals surface area contributed by atoms with Gasteiger partial charge >= 0.3 is 0 Å². The fourth-order valence-electron chi connectivity index (χ4n) is 2.78. The summed E-state index contributed by atoms with van der Waals surface area (Å²) in [6, 6.07) is 14.1. The van der Waals surface area contributed by atoms with Crippen LogP contribution in [0.15, 0.2) is 48.5 Å². The number of nitrogens with zero attached hydrogens (tertiary/aromatic N) is 2. The molecular formula is C19H16Cl2N2O3. The van der Waals surface area contributed by atoms with Gasteiger partial charge in [-0.1, -0.05) is 53.5 Å². The predicted octanol–water partition coefficient (Wildman–Crippen LogP) is 3.05. The Morgan fingerprint density at radius 2 is 1.58 bits per heavy atom. The van der Waals surface area contributed by atoms with Crippen LogP contribution in [0.2, 0.25) is 10.0 Å². The molecule has 2 aromatic carbocycles. The van der Waals surface area contributed by atoms with E-state index < -0.39 is 5.91 Å². The van der Waals surface area contributed by atoms with E-state index in [0.29, 0.717) is 18.0 Å². The zero-order chi connectivity index (χ0) is 18.7. The van der Waals surface area contributed by atoms with Crippen LogP contribution in [0.4, 0.5) is 0 Å². The first-order chi connectivity index (χ1) is 12.5. The van der Waals surface area contributed by atoms with Crippen molar-refractivity contribution in [2.24, 2.45) is 0 Å². The SMILES string of the molecule is O=C(c1ccc(Cl)c(Cl)c1)N1CC(=O)N(CCc2ccccc2)C(=O)C1. The highest BCUT2D eigenvalue weighted by molar-refractivity contribution is 6.42. The maximum Gasteiger partial charge on any atom is 0.254 e. The Morgan fingerprint density at radius 3 is 2.19 bits per heavy atom. The van der Waals surface area contributed by atoms with Crippen molar-refractivity contribution in [3.8, 4) is 0 Å². The minimum absolute atomic E-state index is 0.139. The Hall–Kier alpha value is -2.37. The molecule has 0 spiro atoms. The van der Waals surface area contributed by atoms with Crippen LogP contribution in [-0.2, 0) is 16.0 Å². The number of hydrogen-bond acceptors (Lipinski definition) is 3. The van der Waals surface area contributed by atoms with E-state index in [1.165, 1.54) is 28.0 Å². The molecule has 0 aromatic heterocycles.